The van der Waals surface area contributed by atoms with Crippen LogP contribution in [0.1, 0.15) is 25.6 Å². The van der Waals surface area contributed by atoms with Gasteiger partial charge in [-0.2, -0.15) is 0 Å². The molecule has 1 N–H and O–H groups in total. The van der Waals surface area contributed by atoms with E-state index in [1.165, 1.54) is 0 Å². The van der Waals surface area contributed by atoms with Crippen LogP contribution in [0.4, 0.5) is 0 Å². The van der Waals surface area contributed by atoms with Crippen molar-refractivity contribution in [1.29, 1.82) is 0 Å². The zero-order valence-electron chi connectivity index (χ0n) is 7.51. The molecule has 0 spiro atoms. The molecule has 2 rings (SSSR count). The van der Waals surface area contributed by atoms with Crippen LogP contribution in [0.5, 0.6) is 0 Å². The highest BCUT2D eigenvalue weighted by molar-refractivity contribution is 9.10. The van der Waals surface area contributed by atoms with Crippen molar-refractivity contribution in [2.45, 2.75) is 25.2 Å². The molecular weight excluding hydrogens is 234 g/mol. The largest absolute Gasteiger partial charge is 0.381 e. The molecule has 0 amide bonds. The third-order valence-electron chi connectivity index (χ3n) is 2.63. The van der Waals surface area contributed by atoms with E-state index < -0.39 is 0 Å². The molecule has 1 saturated heterocycles. The fourth-order valence-electron chi connectivity index (χ4n) is 1.57. The van der Waals surface area contributed by atoms with E-state index in [4.69, 9.17) is 4.74 Å². The molecule has 0 aromatic carbocycles. The number of hydrogen-bond acceptors (Lipinski definition) is 3. The Bertz CT molecular complexity index is 293. The minimum Gasteiger partial charge on any atom is -0.381 e. The monoisotopic (exact) mass is 245 g/mol. The van der Waals surface area contributed by atoms with Crippen LogP contribution in [0.3, 0.4) is 0 Å². The lowest BCUT2D eigenvalue weighted by molar-refractivity contribution is 0.0536. The van der Waals surface area contributed by atoms with Gasteiger partial charge in [-0.15, -0.1) is 5.10 Å². The Morgan fingerprint density at radius 3 is 2.69 bits per heavy atom. The van der Waals surface area contributed by atoms with Gasteiger partial charge < -0.3 is 4.74 Å². The van der Waals surface area contributed by atoms with Crippen molar-refractivity contribution in [3.63, 3.8) is 0 Å². The van der Waals surface area contributed by atoms with Crippen LogP contribution in [0, 0.1) is 0 Å². The second-order valence-corrected chi connectivity index (χ2v) is 4.34. The van der Waals surface area contributed by atoms with Crippen LogP contribution in [-0.4, -0.2) is 28.4 Å². The van der Waals surface area contributed by atoms with Crippen LogP contribution in [0.2, 0.25) is 0 Å². The van der Waals surface area contributed by atoms with Gasteiger partial charge in [0.1, 0.15) is 5.82 Å². The average molecular weight is 246 g/mol. The number of ether oxygens (including phenoxy) is 1. The standard InChI is InChI=1S/C8H12BrN3O/c1-8(2-4-13-5-3-8)6-10-7(9)12-11-6/h2-5H2,1H3,(H,10,11,12). The van der Waals surface area contributed by atoms with E-state index in [2.05, 4.69) is 38.0 Å². The van der Waals surface area contributed by atoms with Crippen molar-refractivity contribution < 1.29 is 4.74 Å². The summed E-state index contributed by atoms with van der Waals surface area (Å²) in [6.45, 7) is 3.83. The molecule has 0 saturated carbocycles. The molecule has 1 aliphatic heterocycles. The van der Waals surface area contributed by atoms with Gasteiger partial charge in [0, 0.05) is 18.6 Å². The van der Waals surface area contributed by atoms with Gasteiger partial charge in [0.25, 0.3) is 0 Å². The molecule has 1 aliphatic rings. The first-order valence-electron chi connectivity index (χ1n) is 4.37. The summed E-state index contributed by atoms with van der Waals surface area (Å²) < 4.78 is 5.95. The quantitative estimate of drug-likeness (QED) is 0.819. The molecule has 0 atom stereocenters. The number of halogens is 1. The van der Waals surface area contributed by atoms with Crippen LogP contribution in [-0.2, 0) is 10.2 Å². The van der Waals surface area contributed by atoms with E-state index in [0.29, 0.717) is 4.73 Å². The molecule has 4 nitrogen and oxygen atoms in total. The van der Waals surface area contributed by atoms with Gasteiger partial charge in [-0.25, -0.2) is 4.98 Å². The lowest BCUT2D eigenvalue weighted by Crippen LogP contribution is -2.31. The van der Waals surface area contributed by atoms with E-state index in [1.807, 2.05) is 0 Å². The Morgan fingerprint density at radius 1 is 1.46 bits per heavy atom. The van der Waals surface area contributed by atoms with E-state index in [1.54, 1.807) is 0 Å². The molecule has 1 fully saturated rings. The summed E-state index contributed by atoms with van der Waals surface area (Å²) in [6.07, 6.45) is 2.02. The third kappa shape index (κ3) is 1.76. The van der Waals surface area contributed by atoms with Crippen LogP contribution in [0.25, 0.3) is 0 Å². The van der Waals surface area contributed by atoms with Crippen molar-refractivity contribution in [1.82, 2.24) is 15.2 Å². The zero-order chi connectivity index (χ0) is 9.31. The molecule has 5 heteroatoms. The number of H-pyrrole nitrogens is 1. The maximum Gasteiger partial charge on any atom is 0.217 e. The highest BCUT2D eigenvalue weighted by Gasteiger charge is 2.32. The smallest absolute Gasteiger partial charge is 0.217 e. The number of nitrogens with one attached hydrogen (secondary N) is 1. The van der Waals surface area contributed by atoms with Crippen molar-refractivity contribution in [3.05, 3.63) is 10.6 Å². The summed E-state index contributed by atoms with van der Waals surface area (Å²) in [7, 11) is 0. The SMILES string of the molecule is CC1(c2nc(Br)n[nH]2)CCOCC1. The molecule has 0 unspecified atom stereocenters. The minimum atomic E-state index is 0.108. The van der Waals surface area contributed by atoms with Crippen LogP contribution >= 0.6 is 15.9 Å². The van der Waals surface area contributed by atoms with Gasteiger partial charge >= 0.3 is 0 Å². The molecule has 1 aromatic heterocycles. The average Bonchev–Trinajstić information content (AvgIpc) is 2.54. The summed E-state index contributed by atoms with van der Waals surface area (Å²) in [5.74, 6) is 0.961. The Labute approximate surface area is 85.2 Å². The van der Waals surface area contributed by atoms with E-state index in [9.17, 15) is 0 Å². The molecule has 13 heavy (non-hydrogen) atoms. The summed E-state index contributed by atoms with van der Waals surface area (Å²) in [5.41, 5.74) is 0.108. The second kappa shape index (κ2) is 3.38. The Morgan fingerprint density at radius 2 is 2.15 bits per heavy atom. The van der Waals surface area contributed by atoms with Crippen molar-refractivity contribution in [3.8, 4) is 0 Å². The van der Waals surface area contributed by atoms with Gasteiger partial charge in [-0.1, -0.05) is 6.92 Å². The fourth-order valence-corrected chi connectivity index (χ4v) is 1.84. The number of aromatic amines is 1. The number of hydrogen-bond donors (Lipinski definition) is 1. The minimum absolute atomic E-state index is 0.108. The molecule has 72 valence electrons. The Kier molecular flexibility index (Phi) is 2.38. The highest BCUT2D eigenvalue weighted by Crippen LogP contribution is 2.31. The molecule has 2 heterocycles. The molecule has 0 radical (unpaired) electrons. The Hall–Kier alpha value is -0.420. The highest BCUT2D eigenvalue weighted by atomic mass is 79.9. The zero-order valence-corrected chi connectivity index (χ0v) is 9.10. The molecule has 0 bridgehead atoms. The maximum absolute atomic E-state index is 5.32. The lowest BCUT2D eigenvalue weighted by Gasteiger charge is -2.30. The molecular formula is C8H12BrN3O. The Balaban J connectivity index is 2.22. The molecule has 1 aromatic rings. The van der Waals surface area contributed by atoms with Crippen LogP contribution in [0.15, 0.2) is 4.73 Å². The van der Waals surface area contributed by atoms with Crippen molar-refractivity contribution >= 4 is 15.9 Å². The maximum atomic E-state index is 5.32. The van der Waals surface area contributed by atoms with Crippen molar-refractivity contribution in [2.75, 3.05) is 13.2 Å². The summed E-state index contributed by atoms with van der Waals surface area (Å²) >= 11 is 3.24. The van der Waals surface area contributed by atoms with Crippen LogP contribution < -0.4 is 0 Å². The van der Waals surface area contributed by atoms with Gasteiger partial charge in [0.05, 0.1) is 0 Å². The van der Waals surface area contributed by atoms with Gasteiger partial charge in [0.15, 0.2) is 0 Å². The number of rotatable bonds is 1. The normalized spacial score (nSPS) is 21.7. The van der Waals surface area contributed by atoms with E-state index in [-0.39, 0.29) is 5.41 Å². The third-order valence-corrected chi connectivity index (χ3v) is 2.98. The van der Waals surface area contributed by atoms with Crippen molar-refractivity contribution in [2.24, 2.45) is 0 Å². The summed E-state index contributed by atoms with van der Waals surface area (Å²) in [6, 6.07) is 0. The first kappa shape index (κ1) is 9.15. The number of aromatic nitrogens is 3. The van der Waals surface area contributed by atoms with Gasteiger partial charge in [-0.3, -0.25) is 5.10 Å². The molecule has 0 aliphatic carbocycles. The number of nitrogens with zero attached hydrogens (tertiary/aromatic N) is 2. The second-order valence-electron chi connectivity index (χ2n) is 3.63. The topological polar surface area (TPSA) is 50.8 Å². The summed E-state index contributed by atoms with van der Waals surface area (Å²) in [4.78, 5) is 4.30. The summed E-state index contributed by atoms with van der Waals surface area (Å²) in [5, 5.41) is 6.93. The predicted octanol–water partition coefficient (Wildman–Crippen LogP) is 1.64. The first-order valence-corrected chi connectivity index (χ1v) is 5.16. The fraction of sp³-hybridized carbons (Fsp3) is 0.750. The lowest BCUT2D eigenvalue weighted by atomic mass is 9.82. The predicted molar refractivity (Wildman–Crippen MR) is 51.5 cm³/mol. The van der Waals surface area contributed by atoms with Gasteiger partial charge in [-0.05, 0) is 28.8 Å². The van der Waals surface area contributed by atoms with Gasteiger partial charge in [0.2, 0.25) is 4.73 Å². The first-order chi connectivity index (χ1) is 6.21. The van der Waals surface area contributed by atoms with E-state index in [0.717, 1.165) is 31.9 Å². The van der Waals surface area contributed by atoms with E-state index >= 15 is 0 Å².